The van der Waals surface area contributed by atoms with Gasteiger partial charge in [-0.25, -0.2) is 0 Å². The summed E-state index contributed by atoms with van der Waals surface area (Å²) in [6.45, 7) is 3.52. The molecule has 1 saturated heterocycles. The second kappa shape index (κ2) is 8.68. The lowest BCUT2D eigenvalue weighted by atomic mass is 10.0. The molecule has 6 heteroatoms. The lowest BCUT2D eigenvalue weighted by Crippen LogP contribution is -2.49. The molecule has 2 aromatic carbocycles. The monoisotopic (exact) mass is 368 g/mol. The molecule has 1 fully saturated rings. The molecule has 0 aliphatic carbocycles. The van der Waals surface area contributed by atoms with E-state index in [4.69, 9.17) is 9.47 Å². The van der Waals surface area contributed by atoms with E-state index in [2.05, 4.69) is 5.32 Å². The van der Waals surface area contributed by atoms with E-state index in [1.807, 2.05) is 36.4 Å². The average Bonchev–Trinajstić information content (AvgIpc) is 2.72. The average molecular weight is 368 g/mol. The lowest BCUT2D eigenvalue weighted by Gasteiger charge is -2.32. The molecular formula is C21H24N2O4. The van der Waals surface area contributed by atoms with Crippen LogP contribution in [-0.2, 0) is 9.53 Å². The van der Waals surface area contributed by atoms with Gasteiger partial charge in [-0.2, -0.15) is 0 Å². The normalized spacial score (nSPS) is 16.7. The topological polar surface area (TPSA) is 67.9 Å². The van der Waals surface area contributed by atoms with Crippen LogP contribution in [0.1, 0.15) is 17.3 Å². The quantitative estimate of drug-likeness (QED) is 0.880. The van der Waals surface area contributed by atoms with Gasteiger partial charge < -0.3 is 19.7 Å². The van der Waals surface area contributed by atoms with Crippen LogP contribution in [0.2, 0.25) is 0 Å². The molecular weight excluding hydrogens is 344 g/mol. The molecule has 0 radical (unpaired) electrons. The Labute approximate surface area is 159 Å². The van der Waals surface area contributed by atoms with Crippen LogP contribution in [0.4, 0.5) is 0 Å². The molecule has 0 bridgehead atoms. The van der Waals surface area contributed by atoms with Gasteiger partial charge >= 0.3 is 0 Å². The van der Waals surface area contributed by atoms with Gasteiger partial charge in [-0.05, 0) is 23.8 Å². The molecule has 1 aliphatic heterocycles. The summed E-state index contributed by atoms with van der Waals surface area (Å²) in [4.78, 5) is 25.6. The lowest BCUT2D eigenvalue weighted by molar-refractivity contribution is -0.136. The van der Waals surface area contributed by atoms with Gasteiger partial charge in [0, 0.05) is 37.7 Å². The predicted octanol–water partition coefficient (Wildman–Crippen LogP) is 2.34. The van der Waals surface area contributed by atoms with Crippen LogP contribution in [0.25, 0.3) is 11.1 Å². The number of benzene rings is 2. The van der Waals surface area contributed by atoms with Crippen LogP contribution in [0.3, 0.4) is 0 Å². The number of morpholine rings is 1. The molecule has 142 valence electrons. The fourth-order valence-corrected chi connectivity index (χ4v) is 3.12. The fourth-order valence-electron chi connectivity index (χ4n) is 3.12. The molecule has 0 spiro atoms. The Morgan fingerprint density at radius 1 is 1.19 bits per heavy atom. The van der Waals surface area contributed by atoms with Crippen molar-refractivity contribution < 1.29 is 19.1 Å². The molecule has 0 aromatic heterocycles. The van der Waals surface area contributed by atoms with E-state index in [0.29, 0.717) is 31.8 Å². The van der Waals surface area contributed by atoms with Crippen molar-refractivity contribution in [3.63, 3.8) is 0 Å². The third-order valence-electron chi connectivity index (χ3n) is 4.64. The number of hydrogen-bond acceptors (Lipinski definition) is 4. The summed E-state index contributed by atoms with van der Waals surface area (Å²) in [5.41, 5.74) is 2.54. The van der Waals surface area contributed by atoms with Crippen molar-refractivity contribution >= 4 is 11.8 Å². The highest BCUT2D eigenvalue weighted by Crippen LogP contribution is 2.29. The summed E-state index contributed by atoms with van der Waals surface area (Å²) in [5, 5.41) is 2.88. The molecule has 1 heterocycles. The van der Waals surface area contributed by atoms with Crippen LogP contribution < -0.4 is 10.1 Å². The minimum atomic E-state index is -0.181. The summed E-state index contributed by atoms with van der Waals surface area (Å²) in [5.74, 6) is 0.658. The second-order valence-corrected chi connectivity index (χ2v) is 6.45. The minimum absolute atomic E-state index is 0.0292. The van der Waals surface area contributed by atoms with Crippen molar-refractivity contribution in [1.82, 2.24) is 10.2 Å². The number of carbonyl (C=O) groups is 2. The maximum atomic E-state index is 12.4. The van der Waals surface area contributed by atoms with Crippen molar-refractivity contribution in [2.75, 3.05) is 33.4 Å². The summed E-state index contributed by atoms with van der Waals surface area (Å²) in [6.07, 6.45) is -0.181. The molecule has 1 atom stereocenters. The van der Waals surface area contributed by atoms with Crippen LogP contribution in [0, 0.1) is 0 Å². The highest BCUT2D eigenvalue weighted by Gasteiger charge is 2.22. The summed E-state index contributed by atoms with van der Waals surface area (Å²) < 4.78 is 11.0. The molecule has 0 saturated carbocycles. The number of para-hydroxylation sites is 1. The molecule has 2 amide bonds. The fraction of sp³-hybridized carbons (Fsp3) is 0.333. The molecule has 0 unspecified atom stereocenters. The number of carbonyl (C=O) groups excluding carboxylic acids is 2. The minimum Gasteiger partial charge on any atom is -0.496 e. The van der Waals surface area contributed by atoms with Crippen LogP contribution >= 0.6 is 0 Å². The first-order valence-corrected chi connectivity index (χ1v) is 8.97. The number of hydrogen-bond donors (Lipinski definition) is 1. The van der Waals surface area contributed by atoms with E-state index in [0.717, 1.165) is 16.9 Å². The van der Waals surface area contributed by atoms with Crippen LogP contribution in [0.15, 0.2) is 48.5 Å². The summed E-state index contributed by atoms with van der Waals surface area (Å²) in [7, 11) is 1.64. The first-order chi connectivity index (χ1) is 13.1. The van der Waals surface area contributed by atoms with Gasteiger partial charge in [0.2, 0.25) is 5.91 Å². The van der Waals surface area contributed by atoms with Crippen molar-refractivity contribution in [3.8, 4) is 16.9 Å². The summed E-state index contributed by atoms with van der Waals surface area (Å²) >= 11 is 0. The van der Waals surface area contributed by atoms with E-state index >= 15 is 0 Å². The van der Waals surface area contributed by atoms with Gasteiger partial charge in [0.25, 0.3) is 5.91 Å². The van der Waals surface area contributed by atoms with Crippen molar-refractivity contribution in [2.45, 2.75) is 13.0 Å². The maximum absolute atomic E-state index is 12.4. The van der Waals surface area contributed by atoms with Crippen LogP contribution in [-0.4, -0.2) is 56.2 Å². The molecule has 3 rings (SSSR count). The van der Waals surface area contributed by atoms with Gasteiger partial charge in [-0.1, -0.05) is 30.3 Å². The van der Waals surface area contributed by atoms with Gasteiger partial charge in [0.05, 0.1) is 19.8 Å². The summed E-state index contributed by atoms with van der Waals surface area (Å²) in [6, 6.07) is 15.2. The number of nitrogens with zero attached hydrogens (tertiary/aromatic N) is 1. The standard InChI is InChI=1S/C21H24N2O4/c1-15(24)23-11-12-27-18(14-23)13-22-21(25)17-9-7-16(8-10-17)19-5-3-4-6-20(19)26-2/h3-10,18H,11-14H2,1-2H3,(H,22,25)/t18-/m1/s1. The van der Waals surface area contributed by atoms with E-state index < -0.39 is 0 Å². The Morgan fingerprint density at radius 2 is 1.93 bits per heavy atom. The van der Waals surface area contributed by atoms with Crippen molar-refractivity contribution in [3.05, 3.63) is 54.1 Å². The van der Waals surface area contributed by atoms with Crippen LogP contribution in [0.5, 0.6) is 5.75 Å². The van der Waals surface area contributed by atoms with Gasteiger partial charge in [0.15, 0.2) is 0 Å². The number of nitrogens with one attached hydrogen (secondary N) is 1. The van der Waals surface area contributed by atoms with E-state index in [9.17, 15) is 9.59 Å². The molecule has 1 aliphatic rings. The highest BCUT2D eigenvalue weighted by atomic mass is 16.5. The first kappa shape index (κ1) is 18.9. The zero-order valence-corrected chi connectivity index (χ0v) is 15.6. The Morgan fingerprint density at radius 3 is 2.63 bits per heavy atom. The van der Waals surface area contributed by atoms with Crippen molar-refractivity contribution in [1.29, 1.82) is 0 Å². The number of rotatable bonds is 5. The molecule has 27 heavy (non-hydrogen) atoms. The zero-order chi connectivity index (χ0) is 19.2. The first-order valence-electron chi connectivity index (χ1n) is 8.97. The van der Waals surface area contributed by atoms with E-state index in [1.54, 1.807) is 31.1 Å². The molecule has 2 aromatic rings. The Hall–Kier alpha value is -2.86. The third kappa shape index (κ3) is 4.65. The largest absolute Gasteiger partial charge is 0.496 e. The zero-order valence-electron chi connectivity index (χ0n) is 15.6. The molecule has 6 nitrogen and oxygen atoms in total. The van der Waals surface area contributed by atoms with E-state index in [-0.39, 0.29) is 17.9 Å². The van der Waals surface area contributed by atoms with Gasteiger partial charge in [0.1, 0.15) is 5.75 Å². The molecule has 1 N–H and O–H groups in total. The number of ether oxygens (including phenoxy) is 2. The highest BCUT2D eigenvalue weighted by molar-refractivity contribution is 5.94. The number of methoxy groups -OCH3 is 1. The number of amides is 2. The van der Waals surface area contributed by atoms with E-state index in [1.165, 1.54) is 0 Å². The Bertz CT molecular complexity index is 804. The second-order valence-electron chi connectivity index (χ2n) is 6.45. The predicted molar refractivity (Wildman–Crippen MR) is 103 cm³/mol. The third-order valence-corrected chi connectivity index (χ3v) is 4.64. The smallest absolute Gasteiger partial charge is 0.251 e. The Kier molecular flexibility index (Phi) is 6.08. The maximum Gasteiger partial charge on any atom is 0.251 e. The van der Waals surface area contributed by atoms with Gasteiger partial charge in [-0.3, -0.25) is 9.59 Å². The van der Waals surface area contributed by atoms with Gasteiger partial charge in [-0.15, -0.1) is 0 Å². The SMILES string of the molecule is COc1ccccc1-c1ccc(C(=O)NC[C@@H]2CN(C(C)=O)CCO2)cc1. The Balaban J connectivity index is 1.60. The van der Waals surface area contributed by atoms with Crippen molar-refractivity contribution in [2.24, 2.45) is 0 Å².